The molecule has 7 heteroatoms. The van der Waals surface area contributed by atoms with Gasteiger partial charge in [0.1, 0.15) is 11.8 Å². The third-order valence-corrected chi connectivity index (χ3v) is 4.18. The Kier molecular flexibility index (Phi) is 4.31. The number of carbonyl (C=O) groups excluding carboxylic acids is 2. The van der Waals surface area contributed by atoms with Crippen molar-refractivity contribution in [3.63, 3.8) is 0 Å². The van der Waals surface area contributed by atoms with Crippen molar-refractivity contribution >= 4 is 34.8 Å². The van der Waals surface area contributed by atoms with Gasteiger partial charge in [-0.25, -0.2) is 0 Å². The first-order valence-electron chi connectivity index (χ1n) is 7.42. The van der Waals surface area contributed by atoms with E-state index in [2.05, 4.69) is 5.32 Å². The van der Waals surface area contributed by atoms with Crippen LogP contribution in [0.5, 0.6) is 5.75 Å². The molecule has 24 heavy (non-hydrogen) atoms. The lowest BCUT2D eigenvalue weighted by Gasteiger charge is -2.30. The topological polar surface area (TPSA) is 95.7 Å². The van der Waals surface area contributed by atoms with Gasteiger partial charge in [-0.1, -0.05) is 17.7 Å². The second kappa shape index (κ2) is 6.41. The maximum atomic E-state index is 12.2. The lowest BCUT2D eigenvalue weighted by molar-refractivity contribution is -0.120. The predicted molar refractivity (Wildman–Crippen MR) is 91.6 cm³/mol. The number of nitrogens with two attached hydrogens (primary N) is 1. The predicted octanol–water partition coefficient (Wildman–Crippen LogP) is 2.17. The normalized spacial score (nSPS) is 16.7. The van der Waals surface area contributed by atoms with Crippen LogP contribution in [0.25, 0.3) is 0 Å². The van der Waals surface area contributed by atoms with Crippen LogP contribution in [-0.4, -0.2) is 29.5 Å². The summed E-state index contributed by atoms with van der Waals surface area (Å²) in [5, 5.41) is 13.4. The van der Waals surface area contributed by atoms with Crippen LogP contribution in [0, 0.1) is 0 Å². The number of carbonyl (C=O) groups is 2. The zero-order valence-electron chi connectivity index (χ0n) is 12.7. The third kappa shape index (κ3) is 3.00. The molecule has 0 aromatic heterocycles. The van der Waals surface area contributed by atoms with Gasteiger partial charge in [0, 0.05) is 29.0 Å². The van der Waals surface area contributed by atoms with Gasteiger partial charge < -0.3 is 21.1 Å². The highest BCUT2D eigenvalue weighted by molar-refractivity contribution is 6.30. The Labute approximate surface area is 143 Å². The van der Waals surface area contributed by atoms with Crippen molar-refractivity contribution in [1.29, 1.82) is 0 Å². The van der Waals surface area contributed by atoms with Gasteiger partial charge >= 0.3 is 0 Å². The summed E-state index contributed by atoms with van der Waals surface area (Å²) in [6.07, 6.45) is 0.615. The number of halogens is 1. The second-order valence-electron chi connectivity index (χ2n) is 5.51. The Morgan fingerprint density at radius 3 is 2.58 bits per heavy atom. The molecule has 1 unspecified atom stereocenters. The van der Waals surface area contributed by atoms with Crippen LogP contribution < -0.4 is 16.0 Å². The molecular weight excluding hydrogens is 330 g/mol. The van der Waals surface area contributed by atoms with Crippen molar-refractivity contribution in [3.05, 3.63) is 53.1 Å². The number of rotatable bonds is 4. The largest absolute Gasteiger partial charge is 0.507 e. The molecule has 6 nitrogen and oxygen atoms in total. The Morgan fingerprint density at radius 1 is 1.25 bits per heavy atom. The summed E-state index contributed by atoms with van der Waals surface area (Å²) in [5.74, 6) is -1.05. The fraction of sp³-hybridized carbons (Fsp3) is 0.176. The molecule has 1 atom stereocenters. The molecule has 1 aliphatic heterocycles. The Bertz CT molecular complexity index is 809. The molecule has 0 radical (unpaired) electrons. The number of anilines is 2. The van der Waals surface area contributed by atoms with Crippen LogP contribution in [0.1, 0.15) is 16.8 Å². The summed E-state index contributed by atoms with van der Waals surface area (Å²) in [6, 6.07) is 11.2. The molecule has 1 aliphatic rings. The van der Waals surface area contributed by atoms with E-state index in [1.807, 2.05) is 6.07 Å². The van der Waals surface area contributed by atoms with Gasteiger partial charge in [0.2, 0.25) is 5.91 Å². The van der Waals surface area contributed by atoms with Crippen LogP contribution >= 0.6 is 11.6 Å². The van der Waals surface area contributed by atoms with Gasteiger partial charge in [0.05, 0.1) is 5.56 Å². The molecule has 2 aromatic carbocycles. The number of primary amides is 1. The Balaban J connectivity index is 2.09. The highest BCUT2D eigenvalue weighted by Gasteiger charge is 2.32. The minimum absolute atomic E-state index is 0.0284. The molecular formula is C17H16ClN3O3. The minimum atomic E-state index is -0.716. The van der Waals surface area contributed by atoms with Crippen molar-refractivity contribution in [2.24, 2.45) is 5.73 Å². The first-order valence-corrected chi connectivity index (χ1v) is 7.80. The average Bonchev–Trinajstić information content (AvgIpc) is 2.93. The summed E-state index contributed by atoms with van der Waals surface area (Å²) in [6.45, 7) is 0.575. The van der Waals surface area contributed by atoms with Crippen LogP contribution in [0.15, 0.2) is 42.5 Å². The van der Waals surface area contributed by atoms with E-state index in [-0.39, 0.29) is 17.2 Å². The van der Waals surface area contributed by atoms with E-state index in [9.17, 15) is 14.7 Å². The number of benzene rings is 2. The van der Waals surface area contributed by atoms with Crippen molar-refractivity contribution in [3.8, 4) is 5.75 Å². The fourth-order valence-electron chi connectivity index (χ4n) is 2.84. The molecule has 0 aliphatic carbocycles. The molecule has 3 rings (SSSR count). The minimum Gasteiger partial charge on any atom is -0.507 e. The van der Waals surface area contributed by atoms with E-state index < -0.39 is 11.9 Å². The summed E-state index contributed by atoms with van der Waals surface area (Å²) < 4.78 is 0. The lowest BCUT2D eigenvalue weighted by Crippen LogP contribution is -2.37. The number of amides is 2. The lowest BCUT2D eigenvalue weighted by atomic mass is 10.1. The van der Waals surface area contributed by atoms with E-state index in [1.54, 1.807) is 29.2 Å². The highest BCUT2D eigenvalue weighted by atomic mass is 35.5. The van der Waals surface area contributed by atoms with Gasteiger partial charge in [-0.05, 0) is 36.8 Å². The maximum absolute atomic E-state index is 12.2. The van der Waals surface area contributed by atoms with Crippen molar-refractivity contribution in [2.45, 2.75) is 12.5 Å². The van der Waals surface area contributed by atoms with E-state index >= 15 is 0 Å². The van der Waals surface area contributed by atoms with E-state index in [0.717, 1.165) is 5.69 Å². The fourth-order valence-corrected chi connectivity index (χ4v) is 3.03. The van der Waals surface area contributed by atoms with Crippen molar-refractivity contribution in [2.75, 3.05) is 11.4 Å². The van der Waals surface area contributed by atoms with E-state index in [0.29, 0.717) is 23.7 Å². The third-order valence-electron chi connectivity index (χ3n) is 3.94. The molecule has 0 bridgehead atoms. The monoisotopic (exact) mass is 345 g/mol. The number of aromatic hydroxyl groups is 1. The smallest absolute Gasteiger partial charge is 0.252 e. The SMILES string of the molecule is NC(=O)c1ccc(N(c2cccc(Cl)c2)C2CCNC2=O)cc1O. The molecule has 2 amide bonds. The summed E-state index contributed by atoms with van der Waals surface area (Å²) in [4.78, 5) is 25.3. The van der Waals surface area contributed by atoms with Crippen molar-refractivity contribution in [1.82, 2.24) is 5.32 Å². The standard InChI is InChI=1S/C17H16ClN3O3/c18-10-2-1-3-11(8-10)21(14-6-7-20-17(14)24)12-4-5-13(16(19)23)15(22)9-12/h1-5,8-9,14,22H,6-7H2,(H2,19,23)(H,20,24). The Hall–Kier alpha value is -2.73. The molecule has 0 spiro atoms. The zero-order valence-corrected chi connectivity index (χ0v) is 13.5. The van der Waals surface area contributed by atoms with Gasteiger partial charge in [0.25, 0.3) is 5.91 Å². The second-order valence-corrected chi connectivity index (χ2v) is 5.95. The molecule has 124 valence electrons. The first kappa shape index (κ1) is 16.1. The van der Waals surface area contributed by atoms with Gasteiger partial charge in [-0.3, -0.25) is 9.59 Å². The molecule has 1 saturated heterocycles. The van der Waals surface area contributed by atoms with Gasteiger partial charge in [-0.15, -0.1) is 0 Å². The Morgan fingerprint density at radius 2 is 2.00 bits per heavy atom. The van der Waals surface area contributed by atoms with Crippen LogP contribution in [0.3, 0.4) is 0 Å². The first-order chi connectivity index (χ1) is 11.5. The molecule has 0 saturated carbocycles. The van der Waals surface area contributed by atoms with Gasteiger partial charge in [-0.2, -0.15) is 0 Å². The van der Waals surface area contributed by atoms with Crippen LogP contribution in [0.4, 0.5) is 11.4 Å². The summed E-state index contributed by atoms with van der Waals surface area (Å²) >= 11 is 6.08. The number of hydrogen-bond donors (Lipinski definition) is 3. The van der Waals surface area contributed by atoms with Crippen molar-refractivity contribution < 1.29 is 14.7 Å². The molecule has 4 N–H and O–H groups in total. The summed E-state index contributed by atoms with van der Waals surface area (Å²) in [7, 11) is 0. The number of nitrogens with one attached hydrogen (secondary N) is 1. The van der Waals surface area contributed by atoms with Crippen LogP contribution in [-0.2, 0) is 4.79 Å². The van der Waals surface area contributed by atoms with Crippen LogP contribution in [0.2, 0.25) is 5.02 Å². The number of nitrogens with zero attached hydrogens (tertiary/aromatic N) is 1. The molecule has 1 heterocycles. The number of hydrogen-bond acceptors (Lipinski definition) is 4. The molecule has 1 fully saturated rings. The van der Waals surface area contributed by atoms with E-state index in [1.165, 1.54) is 12.1 Å². The van der Waals surface area contributed by atoms with Gasteiger partial charge in [0.15, 0.2) is 0 Å². The molecule has 2 aromatic rings. The average molecular weight is 346 g/mol. The summed E-state index contributed by atoms with van der Waals surface area (Å²) in [5.41, 5.74) is 6.54. The quantitative estimate of drug-likeness (QED) is 0.791. The highest BCUT2D eigenvalue weighted by Crippen LogP contribution is 2.34. The zero-order chi connectivity index (χ0) is 17.3. The van der Waals surface area contributed by atoms with E-state index in [4.69, 9.17) is 17.3 Å². The maximum Gasteiger partial charge on any atom is 0.252 e. The number of phenols is 1.